The van der Waals surface area contributed by atoms with Crippen molar-refractivity contribution in [1.29, 1.82) is 0 Å². The molecule has 0 aliphatic carbocycles. The van der Waals surface area contributed by atoms with Crippen molar-refractivity contribution in [2.75, 3.05) is 14.2 Å². The Balaban J connectivity index is 0. The van der Waals surface area contributed by atoms with Crippen molar-refractivity contribution in [2.24, 2.45) is 0 Å². The quantitative estimate of drug-likeness (QED) is 0.370. The van der Waals surface area contributed by atoms with Crippen LogP contribution >= 0.6 is 0 Å². The van der Waals surface area contributed by atoms with Gasteiger partial charge in [0.05, 0.1) is 0 Å². The molecule has 0 N–H and O–H groups in total. The van der Waals surface area contributed by atoms with Crippen LogP contribution in [0, 0.1) is 0 Å². The molecule has 0 fully saturated rings. The van der Waals surface area contributed by atoms with Crippen molar-refractivity contribution >= 4 is 10.2 Å². The summed E-state index contributed by atoms with van der Waals surface area (Å²) in [5.74, 6) is 0. The molecule has 0 rings (SSSR count). The zero-order valence-electron chi connectivity index (χ0n) is 6.10. The highest BCUT2D eigenvalue weighted by molar-refractivity contribution is 6.08. The minimum atomic E-state index is 0. The lowest BCUT2D eigenvalue weighted by molar-refractivity contribution is -0.0871. The summed E-state index contributed by atoms with van der Waals surface area (Å²) in [5, 5.41) is 0. The molecule has 0 aromatic heterocycles. The van der Waals surface area contributed by atoms with Crippen molar-refractivity contribution in [3.63, 3.8) is 0 Å². The first-order valence-electron chi connectivity index (χ1n) is 2.40. The molecule has 44 valence electrons. The molecule has 0 saturated carbocycles. The smallest absolute Gasteiger partial charge is 0.356 e. The Kier molecular flexibility index (Phi) is 4.38. The summed E-state index contributed by atoms with van der Waals surface area (Å²) in [5.41, 5.74) is 0. The Hall–Kier alpha value is 0.137. The van der Waals surface area contributed by atoms with Gasteiger partial charge in [-0.15, -0.1) is 0 Å². The molecule has 0 unspecified atom stereocenters. The Labute approximate surface area is 48.7 Å². The normalized spacial score (nSPS) is 10.7. The first kappa shape index (κ1) is 7.14. The van der Waals surface area contributed by atoms with Crippen LogP contribution in [0.5, 0.6) is 0 Å². The molecule has 0 amide bonds. The van der Waals surface area contributed by atoms with E-state index in [2.05, 4.69) is 0 Å². The number of hydrogen-bond acceptors (Lipinski definition) is 2. The highest BCUT2D eigenvalue weighted by Crippen LogP contribution is 1.92. The van der Waals surface area contributed by atoms with Crippen LogP contribution < -0.4 is 0 Å². The minimum absolute atomic E-state index is 0. The molecular weight excluding hydrogens is 108 g/mol. The molecule has 0 atom stereocenters. The van der Waals surface area contributed by atoms with Gasteiger partial charge in [-0.1, -0.05) is 0 Å². The molecule has 0 bridgehead atoms. The van der Waals surface area contributed by atoms with E-state index in [-0.39, 0.29) is 7.72 Å². The first-order chi connectivity index (χ1) is 3.35. The van der Waals surface area contributed by atoms with Gasteiger partial charge >= 0.3 is 1.43 Å². The Morgan fingerprint density at radius 1 is 1.57 bits per heavy atom. The van der Waals surface area contributed by atoms with Gasteiger partial charge in [0.1, 0.15) is 0 Å². The molecule has 0 aliphatic heterocycles. The molecular formula is C4H13O2Si+. The lowest BCUT2D eigenvalue weighted by Gasteiger charge is -2.08. The predicted molar refractivity (Wildman–Crippen MR) is 33.7 cm³/mol. The number of ether oxygens (including phenoxy) is 2. The third kappa shape index (κ3) is 2.79. The standard InChI is InChI=1S/C4H12O2Si/c1-5-4(3-7)6-2/h4H,3H2,1-2,7H3/p+1. The zero-order valence-corrected chi connectivity index (χ0v) is 7.10. The van der Waals surface area contributed by atoms with E-state index in [4.69, 9.17) is 9.47 Å². The van der Waals surface area contributed by atoms with Crippen molar-refractivity contribution in [3.8, 4) is 0 Å². The summed E-state index contributed by atoms with van der Waals surface area (Å²) in [7, 11) is 4.46. The molecule has 3 heteroatoms. The minimum Gasteiger partial charge on any atom is -0.356 e. The van der Waals surface area contributed by atoms with Crippen LogP contribution in [0.1, 0.15) is 1.43 Å². The molecule has 7 heavy (non-hydrogen) atoms. The molecule has 0 heterocycles. The van der Waals surface area contributed by atoms with E-state index in [1.54, 1.807) is 14.2 Å². The van der Waals surface area contributed by atoms with Crippen LogP contribution in [0.25, 0.3) is 0 Å². The summed E-state index contributed by atoms with van der Waals surface area (Å²) < 4.78 is 9.72. The highest BCUT2D eigenvalue weighted by atomic mass is 28.1. The maximum Gasteiger partial charge on any atom is 1.00 e. The van der Waals surface area contributed by atoms with E-state index in [1.807, 2.05) is 0 Å². The van der Waals surface area contributed by atoms with E-state index in [9.17, 15) is 0 Å². The van der Waals surface area contributed by atoms with Crippen LogP contribution in [-0.4, -0.2) is 30.8 Å². The van der Waals surface area contributed by atoms with Crippen molar-refractivity contribution < 1.29 is 10.9 Å². The van der Waals surface area contributed by atoms with Gasteiger partial charge in [-0.25, -0.2) is 0 Å². The molecule has 0 saturated heterocycles. The molecule has 0 aromatic rings. The second-order valence-corrected chi connectivity index (χ2v) is 2.13. The van der Waals surface area contributed by atoms with Crippen molar-refractivity contribution in [1.82, 2.24) is 0 Å². The summed E-state index contributed by atoms with van der Waals surface area (Å²) in [6.45, 7) is 0. The Morgan fingerprint density at radius 3 is 2.00 bits per heavy atom. The summed E-state index contributed by atoms with van der Waals surface area (Å²) in [4.78, 5) is 0. The Bertz CT molecular complexity index is 35.5. The van der Waals surface area contributed by atoms with E-state index < -0.39 is 0 Å². The summed E-state index contributed by atoms with van der Waals surface area (Å²) >= 11 is 0. The largest absolute Gasteiger partial charge is 1.00 e. The lowest BCUT2D eigenvalue weighted by Crippen LogP contribution is -2.10. The predicted octanol–water partition coefficient (Wildman–Crippen LogP) is -0.498. The van der Waals surface area contributed by atoms with Gasteiger partial charge in [0.2, 0.25) is 0 Å². The second kappa shape index (κ2) is 4.30. The van der Waals surface area contributed by atoms with Crippen LogP contribution in [0.4, 0.5) is 0 Å². The Morgan fingerprint density at radius 2 is 2.00 bits per heavy atom. The molecule has 0 radical (unpaired) electrons. The molecule has 0 aromatic carbocycles. The van der Waals surface area contributed by atoms with Gasteiger partial charge in [0.15, 0.2) is 6.29 Å². The van der Waals surface area contributed by atoms with Gasteiger partial charge < -0.3 is 9.47 Å². The second-order valence-electron chi connectivity index (χ2n) is 1.31. The fourth-order valence-corrected chi connectivity index (χ4v) is 1.10. The third-order valence-corrected chi connectivity index (χ3v) is 1.53. The third-order valence-electron chi connectivity index (χ3n) is 0.859. The van der Waals surface area contributed by atoms with Crippen LogP contribution in [0.15, 0.2) is 0 Å². The maximum absolute atomic E-state index is 4.86. The number of rotatable bonds is 3. The zero-order chi connectivity index (χ0) is 5.70. The lowest BCUT2D eigenvalue weighted by atomic mass is 10.7. The van der Waals surface area contributed by atoms with Crippen molar-refractivity contribution in [2.45, 2.75) is 12.3 Å². The van der Waals surface area contributed by atoms with Crippen LogP contribution in [0.2, 0.25) is 6.04 Å². The molecule has 0 spiro atoms. The van der Waals surface area contributed by atoms with Gasteiger partial charge in [0.25, 0.3) is 0 Å². The maximum atomic E-state index is 4.86. The average molecular weight is 121 g/mol. The first-order valence-corrected chi connectivity index (χ1v) is 3.82. The van der Waals surface area contributed by atoms with Gasteiger partial charge in [-0.05, 0) is 6.04 Å². The topological polar surface area (TPSA) is 18.5 Å². The number of methoxy groups -OCH3 is 2. The van der Waals surface area contributed by atoms with E-state index in [0.717, 1.165) is 16.3 Å². The fourth-order valence-electron chi connectivity index (χ4n) is 0.430. The van der Waals surface area contributed by atoms with Crippen LogP contribution in [-0.2, 0) is 9.47 Å². The molecule has 0 aliphatic rings. The van der Waals surface area contributed by atoms with Gasteiger partial charge in [0, 0.05) is 24.5 Å². The van der Waals surface area contributed by atoms with E-state index >= 15 is 0 Å². The SMILES string of the molecule is COC(C[SiH3])OC.[H+]. The fraction of sp³-hybridized carbons (Fsp3) is 1.00. The number of hydrogen-bond donors (Lipinski definition) is 0. The molecule has 2 nitrogen and oxygen atoms in total. The van der Waals surface area contributed by atoms with Gasteiger partial charge in [-0.3, -0.25) is 0 Å². The summed E-state index contributed by atoms with van der Waals surface area (Å²) in [6, 6.07) is 1.05. The monoisotopic (exact) mass is 121 g/mol. The highest BCUT2D eigenvalue weighted by Gasteiger charge is 1.96. The average Bonchev–Trinajstić information content (AvgIpc) is 1.72. The van der Waals surface area contributed by atoms with Gasteiger partial charge in [-0.2, -0.15) is 0 Å². The van der Waals surface area contributed by atoms with Crippen molar-refractivity contribution in [3.05, 3.63) is 0 Å². The van der Waals surface area contributed by atoms with Crippen LogP contribution in [0.3, 0.4) is 0 Å². The summed E-state index contributed by atoms with van der Waals surface area (Å²) in [6.07, 6.45) is 0.0478. The van der Waals surface area contributed by atoms with E-state index in [0.29, 0.717) is 0 Å². The van der Waals surface area contributed by atoms with E-state index in [1.165, 1.54) is 0 Å².